The maximum atomic E-state index is 14.6. The summed E-state index contributed by atoms with van der Waals surface area (Å²) in [6.45, 7) is 1.01. The van der Waals surface area contributed by atoms with Crippen molar-refractivity contribution in [3.8, 4) is 11.3 Å². The molecule has 0 radical (unpaired) electrons. The molecule has 7 nitrogen and oxygen atoms in total. The maximum Gasteiger partial charge on any atom is 0.434 e. The van der Waals surface area contributed by atoms with E-state index in [-0.39, 0.29) is 28.3 Å². The van der Waals surface area contributed by atoms with Gasteiger partial charge in [0.2, 0.25) is 15.9 Å². The predicted molar refractivity (Wildman–Crippen MR) is 122 cm³/mol. The van der Waals surface area contributed by atoms with Crippen LogP contribution in [0.15, 0.2) is 59.8 Å². The van der Waals surface area contributed by atoms with E-state index in [2.05, 4.69) is 15.3 Å². The molecule has 14 heteroatoms. The van der Waals surface area contributed by atoms with Gasteiger partial charge >= 0.3 is 6.18 Å². The number of rotatable bonds is 6. The Hall–Kier alpha value is -3.52. The van der Waals surface area contributed by atoms with E-state index in [1.54, 1.807) is 0 Å². The molecule has 1 aliphatic heterocycles. The number of benzene rings is 2. The van der Waals surface area contributed by atoms with Crippen LogP contribution in [0.5, 0.6) is 0 Å². The van der Waals surface area contributed by atoms with Crippen LogP contribution in [0.25, 0.3) is 11.3 Å². The molecular weight excluding hydrogens is 538 g/mol. The van der Waals surface area contributed by atoms with Crippen molar-refractivity contribution in [2.45, 2.75) is 49.2 Å². The van der Waals surface area contributed by atoms with Crippen LogP contribution in [0.4, 0.5) is 26.3 Å². The van der Waals surface area contributed by atoms with E-state index in [1.807, 2.05) is 0 Å². The van der Waals surface area contributed by atoms with Gasteiger partial charge in [0.05, 0.1) is 29.0 Å². The molecule has 2 heterocycles. The number of hydrogen-bond acceptors (Lipinski definition) is 5. The average Bonchev–Trinajstić information content (AvgIpc) is 3.17. The summed E-state index contributed by atoms with van der Waals surface area (Å²) >= 11 is 0. The standard InChI is InChI=1S/C24H20F6N4O3S/c1-13-19(27)9-21(34(13)38(36,37)18-4-2-16(25)3-5-18)23(35)33-10-14-6-15(8-17(26)7-14)20-11-32-22(12-31-20)24(28,29)30/h2-8,11-13,19,21H,9-10H2,1H3,(H,33,35)/t13-,19+,21-/m0/s1. The first-order valence-corrected chi connectivity index (χ1v) is 12.6. The van der Waals surface area contributed by atoms with Gasteiger partial charge in [-0.05, 0) is 55.0 Å². The molecule has 1 N–H and O–H groups in total. The fourth-order valence-electron chi connectivity index (χ4n) is 4.13. The first-order chi connectivity index (χ1) is 17.8. The molecule has 1 saturated heterocycles. The van der Waals surface area contributed by atoms with E-state index >= 15 is 0 Å². The number of nitrogens with zero attached hydrogens (tertiary/aromatic N) is 3. The SMILES string of the molecule is C[C@H]1[C@H](F)C[C@@H](C(=O)NCc2cc(F)cc(-c3cnc(C(F)(F)F)cn3)c2)N1S(=O)(=O)c1ccc(F)cc1. The number of nitrogens with one attached hydrogen (secondary N) is 1. The third kappa shape index (κ3) is 5.65. The Morgan fingerprint density at radius 3 is 2.34 bits per heavy atom. The van der Waals surface area contributed by atoms with Crippen LogP contribution in [-0.2, 0) is 27.5 Å². The van der Waals surface area contributed by atoms with Crippen LogP contribution in [0, 0.1) is 11.6 Å². The summed E-state index contributed by atoms with van der Waals surface area (Å²) < 4.78 is 107. The summed E-state index contributed by atoms with van der Waals surface area (Å²) in [6.07, 6.45) is -5.44. The number of carbonyl (C=O) groups excluding carboxylic acids is 1. The number of carbonyl (C=O) groups is 1. The van der Waals surface area contributed by atoms with E-state index in [9.17, 15) is 39.6 Å². The molecule has 1 amide bonds. The molecule has 1 fully saturated rings. The smallest absolute Gasteiger partial charge is 0.351 e. The third-order valence-electron chi connectivity index (χ3n) is 6.03. The Kier molecular flexibility index (Phi) is 7.48. The van der Waals surface area contributed by atoms with E-state index in [0.717, 1.165) is 46.9 Å². The van der Waals surface area contributed by atoms with Crippen molar-refractivity contribution >= 4 is 15.9 Å². The fourth-order valence-corrected chi connectivity index (χ4v) is 5.94. The minimum Gasteiger partial charge on any atom is -0.351 e. The lowest BCUT2D eigenvalue weighted by atomic mass is 10.1. The van der Waals surface area contributed by atoms with Crippen LogP contribution in [0.3, 0.4) is 0 Å². The third-order valence-corrected chi connectivity index (χ3v) is 8.04. The zero-order chi connectivity index (χ0) is 27.8. The molecule has 2 aromatic carbocycles. The Labute approximate surface area is 213 Å². The number of hydrogen-bond donors (Lipinski definition) is 1. The normalized spacial score (nSPS) is 20.4. The van der Waals surface area contributed by atoms with E-state index in [1.165, 1.54) is 13.0 Å². The van der Waals surface area contributed by atoms with Gasteiger partial charge < -0.3 is 5.32 Å². The molecule has 1 aliphatic rings. The molecule has 3 aromatic rings. The first kappa shape index (κ1) is 27.5. The predicted octanol–water partition coefficient (Wildman–Crippen LogP) is 4.25. The highest BCUT2D eigenvalue weighted by Crippen LogP contribution is 2.33. The summed E-state index contributed by atoms with van der Waals surface area (Å²) in [5.74, 6) is -2.29. The Morgan fingerprint density at radius 2 is 1.74 bits per heavy atom. The highest BCUT2D eigenvalue weighted by atomic mass is 32.2. The molecule has 0 aliphatic carbocycles. The van der Waals surface area contributed by atoms with Crippen molar-refractivity contribution in [3.63, 3.8) is 0 Å². The number of amides is 1. The molecule has 0 unspecified atom stereocenters. The second-order valence-corrected chi connectivity index (χ2v) is 10.5. The van der Waals surface area contributed by atoms with Crippen molar-refractivity contribution in [2.75, 3.05) is 0 Å². The van der Waals surface area contributed by atoms with Crippen molar-refractivity contribution in [2.24, 2.45) is 0 Å². The number of sulfonamides is 1. The van der Waals surface area contributed by atoms with Crippen molar-refractivity contribution in [1.82, 2.24) is 19.6 Å². The Morgan fingerprint density at radius 1 is 1.05 bits per heavy atom. The number of alkyl halides is 4. The summed E-state index contributed by atoms with van der Waals surface area (Å²) in [6, 6.07) is 4.71. The van der Waals surface area contributed by atoms with Gasteiger partial charge in [0.25, 0.3) is 0 Å². The minimum absolute atomic E-state index is 0.0495. The van der Waals surface area contributed by atoms with Gasteiger partial charge in [0.1, 0.15) is 23.8 Å². The lowest BCUT2D eigenvalue weighted by Crippen LogP contribution is -2.48. The van der Waals surface area contributed by atoms with Gasteiger partial charge in [-0.1, -0.05) is 0 Å². The molecule has 0 spiro atoms. The molecule has 202 valence electrons. The van der Waals surface area contributed by atoms with Crippen LogP contribution < -0.4 is 5.32 Å². The maximum absolute atomic E-state index is 14.6. The van der Waals surface area contributed by atoms with Crippen LogP contribution >= 0.6 is 0 Å². The summed E-state index contributed by atoms with van der Waals surface area (Å²) in [5, 5.41) is 2.46. The summed E-state index contributed by atoms with van der Waals surface area (Å²) in [7, 11) is -4.37. The first-order valence-electron chi connectivity index (χ1n) is 11.2. The second kappa shape index (κ2) is 10.3. The number of halogens is 6. The van der Waals surface area contributed by atoms with Gasteiger partial charge in [-0.3, -0.25) is 9.78 Å². The van der Waals surface area contributed by atoms with Crippen molar-refractivity contribution < 1.29 is 39.6 Å². The van der Waals surface area contributed by atoms with Gasteiger partial charge in [0, 0.05) is 18.5 Å². The van der Waals surface area contributed by atoms with Crippen LogP contribution in [0.1, 0.15) is 24.6 Å². The average molecular weight is 559 g/mol. The molecule has 1 aromatic heterocycles. The van der Waals surface area contributed by atoms with Crippen LogP contribution in [0.2, 0.25) is 0 Å². The molecule has 4 rings (SSSR count). The lowest BCUT2D eigenvalue weighted by Gasteiger charge is -2.27. The van der Waals surface area contributed by atoms with Crippen molar-refractivity contribution in [1.29, 1.82) is 0 Å². The number of aromatic nitrogens is 2. The van der Waals surface area contributed by atoms with E-state index < -0.39 is 64.1 Å². The quantitative estimate of drug-likeness (QED) is 0.457. The lowest BCUT2D eigenvalue weighted by molar-refractivity contribution is -0.141. The van der Waals surface area contributed by atoms with Gasteiger partial charge in [-0.25, -0.2) is 26.6 Å². The van der Waals surface area contributed by atoms with Gasteiger partial charge in [0.15, 0.2) is 5.69 Å². The topological polar surface area (TPSA) is 92.3 Å². The van der Waals surface area contributed by atoms with Crippen molar-refractivity contribution in [3.05, 3.63) is 77.8 Å². The fraction of sp³-hybridized carbons (Fsp3) is 0.292. The van der Waals surface area contributed by atoms with Gasteiger partial charge in [-0.2, -0.15) is 17.5 Å². The zero-order valence-corrected chi connectivity index (χ0v) is 20.4. The molecular formula is C24H20F6N4O3S. The highest BCUT2D eigenvalue weighted by molar-refractivity contribution is 7.89. The summed E-state index contributed by atoms with van der Waals surface area (Å²) in [5.41, 5.74) is -0.992. The highest BCUT2D eigenvalue weighted by Gasteiger charge is 2.49. The minimum atomic E-state index is -4.70. The molecule has 0 saturated carbocycles. The largest absolute Gasteiger partial charge is 0.434 e. The van der Waals surface area contributed by atoms with E-state index in [0.29, 0.717) is 6.20 Å². The monoisotopic (exact) mass is 558 g/mol. The molecule has 0 bridgehead atoms. The molecule has 3 atom stereocenters. The van der Waals surface area contributed by atoms with Crippen LogP contribution in [-0.4, -0.2) is 46.9 Å². The summed E-state index contributed by atoms with van der Waals surface area (Å²) in [4.78, 5) is 19.6. The second-order valence-electron chi connectivity index (χ2n) is 8.65. The Bertz CT molecular complexity index is 1430. The molecule has 38 heavy (non-hydrogen) atoms. The van der Waals surface area contributed by atoms with Gasteiger partial charge in [-0.15, -0.1) is 0 Å². The van der Waals surface area contributed by atoms with E-state index in [4.69, 9.17) is 0 Å². The zero-order valence-electron chi connectivity index (χ0n) is 19.6. The Balaban J connectivity index is 1.53.